The Labute approximate surface area is 150 Å². The summed E-state index contributed by atoms with van der Waals surface area (Å²) in [7, 11) is 0. The van der Waals surface area contributed by atoms with E-state index in [-0.39, 0.29) is 12.5 Å². The van der Waals surface area contributed by atoms with Crippen molar-refractivity contribution in [1.29, 1.82) is 0 Å². The summed E-state index contributed by atoms with van der Waals surface area (Å²) in [6.07, 6.45) is 1.53. The van der Waals surface area contributed by atoms with Crippen LogP contribution in [0.2, 0.25) is 0 Å². The molecule has 0 unspecified atom stereocenters. The SMILES string of the molecule is CCOc1ccccc1/C=N/NC(=O)Cn1nnc(-c2ccccc2)n1. The molecule has 1 N–H and O–H groups in total. The van der Waals surface area contributed by atoms with Crippen LogP contribution >= 0.6 is 0 Å². The standard InChI is InChI=1S/C18H18N6O2/c1-2-26-16-11-7-6-10-15(16)12-19-20-17(25)13-24-22-18(21-23-24)14-8-4-3-5-9-14/h3-12H,2,13H2,1H3,(H,20,25)/b19-12+. The maximum absolute atomic E-state index is 12.0. The quantitative estimate of drug-likeness (QED) is 0.519. The first-order valence-electron chi connectivity index (χ1n) is 8.13. The van der Waals surface area contributed by atoms with Crippen LogP contribution in [0.3, 0.4) is 0 Å². The summed E-state index contributed by atoms with van der Waals surface area (Å²) in [4.78, 5) is 13.2. The summed E-state index contributed by atoms with van der Waals surface area (Å²) < 4.78 is 5.50. The third kappa shape index (κ3) is 4.50. The number of benzene rings is 2. The summed E-state index contributed by atoms with van der Waals surface area (Å²) >= 11 is 0. The van der Waals surface area contributed by atoms with Gasteiger partial charge in [-0.1, -0.05) is 42.5 Å². The molecule has 1 heterocycles. The third-order valence-electron chi connectivity index (χ3n) is 3.38. The third-order valence-corrected chi connectivity index (χ3v) is 3.38. The average Bonchev–Trinajstić information content (AvgIpc) is 3.12. The number of rotatable bonds is 7. The van der Waals surface area contributed by atoms with E-state index in [1.165, 1.54) is 11.0 Å². The fraction of sp³-hybridized carbons (Fsp3) is 0.167. The lowest BCUT2D eigenvalue weighted by Crippen LogP contribution is -2.24. The number of hydrogen-bond donors (Lipinski definition) is 1. The van der Waals surface area contributed by atoms with E-state index in [4.69, 9.17) is 4.74 Å². The van der Waals surface area contributed by atoms with Crippen LogP contribution in [0.1, 0.15) is 12.5 Å². The Morgan fingerprint density at radius 3 is 2.77 bits per heavy atom. The smallest absolute Gasteiger partial charge is 0.263 e. The van der Waals surface area contributed by atoms with Crippen LogP contribution in [0.25, 0.3) is 11.4 Å². The van der Waals surface area contributed by atoms with E-state index in [1.54, 1.807) is 0 Å². The number of tetrazole rings is 1. The van der Waals surface area contributed by atoms with Crippen molar-refractivity contribution in [3.8, 4) is 17.1 Å². The van der Waals surface area contributed by atoms with E-state index in [0.29, 0.717) is 18.2 Å². The van der Waals surface area contributed by atoms with Gasteiger partial charge >= 0.3 is 0 Å². The molecule has 0 aliphatic heterocycles. The summed E-state index contributed by atoms with van der Waals surface area (Å²) in [6.45, 7) is 2.38. The van der Waals surface area contributed by atoms with Crippen molar-refractivity contribution in [2.45, 2.75) is 13.5 Å². The maximum Gasteiger partial charge on any atom is 0.263 e. The van der Waals surface area contributed by atoms with Gasteiger partial charge in [0.1, 0.15) is 12.3 Å². The lowest BCUT2D eigenvalue weighted by Gasteiger charge is -2.05. The highest BCUT2D eigenvalue weighted by molar-refractivity contribution is 5.85. The topological polar surface area (TPSA) is 94.3 Å². The van der Waals surface area contributed by atoms with E-state index in [2.05, 4.69) is 25.9 Å². The molecule has 3 aromatic rings. The predicted molar refractivity (Wildman–Crippen MR) is 96.6 cm³/mol. The second kappa shape index (κ2) is 8.52. The predicted octanol–water partition coefficient (Wildman–Crippen LogP) is 1.89. The average molecular weight is 350 g/mol. The van der Waals surface area contributed by atoms with Gasteiger partial charge in [0.05, 0.1) is 12.8 Å². The van der Waals surface area contributed by atoms with Crippen LogP contribution in [0.15, 0.2) is 59.7 Å². The van der Waals surface area contributed by atoms with Gasteiger partial charge in [0, 0.05) is 11.1 Å². The van der Waals surface area contributed by atoms with Crippen LogP contribution in [0, 0.1) is 0 Å². The molecule has 1 aromatic heterocycles. The van der Waals surface area contributed by atoms with Crippen LogP contribution < -0.4 is 10.2 Å². The first-order chi connectivity index (χ1) is 12.8. The second-order valence-electron chi connectivity index (χ2n) is 5.27. The van der Waals surface area contributed by atoms with Gasteiger partial charge in [-0.05, 0) is 24.3 Å². The van der Waals surface area contributed by atoms with E-state index in [9.17, 15) is 4.79 Å². The summed E-state index contributed by atoms with van der Waals surface area (Å²) in [5.74, 6) is 0.818. The molecule has 0 atom stereocenters. The molecule has 8 heteroatoms. The molecule has 8 nitrogen and oxygen atoms in total. The number of ether oxygens (including phenoxy) is 1. The van der Waals surface area contributed by atoms with Crippen molar-refractivity contribution in [3.63, 3.8) is 0 Å². The van der Waals surface area contributed by atoms with Gasteiger partial charge in [-0.15, -0.1) is 10.2 Å². The van der Waals surface area contributed by atoms with Crippen molar-refractivity contribution in [2.75, 3.05) is 6.61 Å². The largest absolute Gasteiger partial charge is 0.493 e. The number of para-hydroxylation sites is 1. The molecule has 0 aliphatic rings. The number of hydrogen-bond acceptors (Lipinski definition) is 6. The zero-order valence-corrected chi connectivity index (χ0v) is 14.2. The minimum Gasteiger partial charge on any atom is -0.493 e. The maximum atomic E-state index is 12.0. The molecular formula is C18H18N6O2. The lowest BCUT2D eigenvalue weighted by molar-refractivity contribution is -0.122. The molecular weight excluding hydrogens is 332 g/mol. The van der Waals surface area contributed by atoms with Gasteiger partial charge in [-0.25, -0.2) is 5.43 Å². The minimum absolute atomic E-state index is 0.0791. The highest BCUT2D eigenvalue weighted by atomic mass is 16.5. The Bertz CT molecular complexity index is 891. The zero-order valence-electron chi connectivity index (χ0n) is 14.2. The first-order valence-corrected chi connectivity index (χ1v) is 8.13. The molecule has 3 rings (SSSR count). The summed E-state index contributed by atoms with van der Waals surface area (Å²) in [6, 6.07) is 16.9. The molecule has 0 aliphatic carbocycles. The van der Waals surface area contributed by atoms with Crippen LogP contribution in [0.4, 0.5) is 0 Å². The molecule has 0 saturated carbocycles. The van der Waals surface area contributed by atoms with Crippen LogP contribution in [-0.4, -0.2) is 38.9 Å². The Morgan fingerprint density at radius 1 is 1.19 bits per heavy atom. The van der Waals surface area contributed by atoms with Crippen molar-refractivity contribution >= 4 is 12.1 Å². The number of hydrazone groups is 1. The highest BCUT2D eigenvalue weighted by Gasteiger charge is 2.08. The van der Waals surface area contributed by atoms with Gasteiger partial charge in [0.15, 0.2) is 0 Å². The number of aromatic nitrogens is 4. The molecule has 0 radical (unpaired) electrons. The van der Waals surface area contributed by atoms with Gasteiger partial charge in [-0.2, -0.15) is 9.90 Å². The molecule has 0 fully saturated rings. The molecule has 1 amide bonds. The van der Waals surface area contributed by atoms with E-state index in [0.717, 1.165) is 11.1 Å². The Morgan fingerprint density at radius 2 is 1.96 bits per heavy atom. The first kappa shape index (κ1) is 17.3. The molecule has 0 spiro atoms. The van der Waals surface area contributed by atoms with Crippen molar-refractivity contribution in [3.05, 3.63) is 60.2 Å². The van der Waals surface area contributed by atoms with Gasteiger partial charge in [-0.3, -0.25) is 4.79 Å². The molecule has 26 heavy (non-hydrogen) atoms. The molecule has 0 bridgehead atoms. The fourth-order valence-corrected chi connectivity index (χ4v) is 2.22. The van der Waals surface area contributed by atoms with Gasteiger partial charge in [0.2, 0.25) is 5.82 Å². The van der Waals surface area contributed by atoms with Crippen LogP contribution in [0.5, 0.6) is 5.75 Å². The zero-order chi connectivity index (χ0) is 18.2. The molecule has 132 valence electrons. The number of carbonyl (C=O) groups excluding carboxylic acids is 1. The fourth-order valence-electron chi connectivity index (χ4n) is 2.22. The monoisotopic (exact) mass is 350 g/mol. The van der Waals surface area contributed by atoms with E-state index < -0.39 is 0 Å². The number of nitrogens with zero attached hydrogens (tertiary/aromatic N) is 5. The van der Waals surface area contributed by atoms with Crippen molar-refractivity contribution in [1.82, 2.24) is 25.6 Å². The minimum atomic E-state index is -0.354. The van der Waals surface area contributed by atoms with Gasteiger partial charge < -0.3 is 4.74 Å². The van der Waals surface area contributed by atoms with E-state index in [1.807, 2.05) is 61.5 Å². The molecule has 0 saturated heterocycles. The number of nitrogens with one attached hydrogen (secondary N) is 1. The normalized spacial score (nSPS) is 10.8. The lowest BCUT2D eigenvalue weighted by atomic mass is 10.2. The highest BCUT2D eigenvalue weighted by Crippen LogP contribution is 2.15. The molecule has 2 aromatic carbocycles. The van der Waals surface area contributed by atoms with E-state index >= 15 is 0 Å². The number of carbonyl (C=O) groups is 1. The van der Waals surface area contributed by atoms with Crippen LogP contribution in [-0.2, 0) is 11.3 Å². The Balaban J connectivity index is 1.57. The Hall–Kier alpha value is -3.55. The Kier molecular flexibility index (Phi) is 5.66. The van der Waals surface area contributed by atoms with Crippen molar-refractivity contribution in [2.24, 2.45) is 5.10 Å². The summed E-state index contributed by atoms with van der Waals surface area (Å²) in [5.41, 5.74) is 4.06. The summed E-state index contributed by atoms with van der Waals surface area (Å²) in [5, 5.41) is 16.0. The number of amides is 1. The second-order valence-corrected chi connectivity index (χ2v) is 5.27. The van der Waals surface area contributed by atoms with Gasteiger partial charge in [0.25, 0.3) is 5.91 Å². The van der Waals surface area contributed by atoms with Crippen molar-refractivity contribution < 1.29 is 9.53 Å².